The maximum absolute atomic E-state index is 12.8. The van der Waals surface area contributed by atoms with E-state index in [-0.39, 0.29) is 10.8 Å². The van der Waals surface area contributed by atoms with Crippen LogP contribution in [-0.2, 0) is 29.9 Å². The SMILES string of the molecule is CCc1nn(C)c(CC)c1S(=O)(=O)Nc1nc2ncccn2n1. The van der Waals surface area contributed by atoms with E-state index in [4.69, 9.17) is 0 Å². The Hall–Kier alpha value is -2.49. The van der Waals surface area contributed by atoms with Crippen molar-refractivity contribution in [3.8, 4) is 0 Å². The minimum Gasteiger partial charge on any atom is -0.271 e. The molecule has 3 rings (SSSR count). The van der Waals surface area contributed by atoms with Gasteiger partial charge in [0.15, 0.2) is 0 Å². The van der Waals surface area contributed by atoms with Crippen LogP contribution in [0.4, 0.5) is 5.95 Å². The Balaban J connectivity index is 2.05. The van der Waals surface area contributed by atoms with Crippen LogP contribution in [0.5, 0.6) is 0 Å². The van der Waals surface area contributed by atoms with Gasteiger partial charge in [-0.1, -0.05) is 13.8 Å². The number of sulfonamides is 1. The molecule has 0 atom stereocenters. The van der Waals surface area contributed by atoms with Crippen molar-refractivity contribution in [2.75, 3.05) is 4.72 Å². The fraction of sp³-hybridized carbons (Fsp3) is 0.385. The normalized spacial score (nSPS) is 12.0. The largest absolute Gasteiger partial charge is 0.271 e. The molecule has 0 aromatic carbocycles. The fourth-order valence-corrected chi connectivity index (χ4v) is 3.99. The Labute approximate surface area is 133 Å². The molecule has 122 valence electrons. The number of hydrogen-bond donors (Lipinski definition) is 1. The molecule has 10 heteroatoms. The summed E-state index contributed by atoms with van der Waals surface area (Å²) in [6, 6.07) is 1.69. The molecule has 23 heavy (non-hydrogen) atoms. The standard InChI is InChI=1S/C13H17N7O2S/c1-4-9-11(10(5-2)19(3)16-9)23(21,22)18-12-15-13-14-7-6-8-20(13)17-12/h6-8H,4-5H2,1-3H3,(H,17,18). The summed E-state index contributed by atoms with van der Waals surface area (Å²) in [5.74, 6) is 0.305. The van der Waals surface area contributed by atoms with E-state index in [0.717, 1.165) is 0 Å². The lowest BCUT2D eigenvalue weighted by Crippen LogP contribution is -2.17. The molecule has 0 radical (unpaired) electrons. The van der Waals surface area contributed by atoms with Gasteiger partial charge in [0.2, 0.25) is 0 Å². The van der Waals surface area contributed by atoms with Gasteiger partial charge < -0.3 is 0 Å². The molecule has 0 amide bonds. The Morgan fingerprint density at radius 3 is 2.65 bits per heavy atom. The van der Waals surface area contributed by atoms with Crippen molar-refractivity contribution >= 4 is 21.7 Å². The number of nitrogens with zero attached hydrogens (tertiary/aromatic N) is 6. The number of anilines is 1. The summed E-state index contributed by atoms with van der Waals surface area (Å²) in [7, 11) is -2.08. The molecule has 0 bridgehead atoms. The Bertz CT molecular complexity index is 925. The summed E-state index contributed by atoms with van der Waals surface area (Å²) in [4.78, 5) is 8.28. The van der Waals surface area contributed by atoms with Gasteiger partial charge in [0.1, 0.15) is 4.90 Å². The minimum atomic E-state index is -3.83. The van der Waals surface area contributed by atoms with Crippen LogP contribution in [0.15, 0.2) is 23.4 Å². The molecule has 3 aromatic rings. The van der Waals surface area contributed by atoms with E-state index in [2.05, 4.69) is 24.9 Å². The smallest absolute Gasteiger partial charge is 0.267 e. The summed E-state index contributed by atoms with van der Waals surface area (Å²) in [6.07, 6.45) is 4.28. The molecule has 0 saturated heterocycles. The summed E-state index contributed by atoms with van der Waals surface area (Å²) < 4.78 is 31.0. The van der Waals surface area contributed by atoms with Crippen molar-refractivity contribution in [3.05, 3.63) is 29.8 Å². The van der Waals surface area contributed by atoms with E-state index in [9.17, 15) is 8.42 Å². The highest BCUT2D eigenvalue weighted by Gasteiger charge is 2.27. The predicted octanol–water partition coefficient (Wildman–Crippen LogP) is 0.783. The van der Waals surface area contributed by atoms with Crippen molar-refractivity contribution in [1.82, 2.24) is 29.4 Å². The van der Waals surface area contributed by atoms with Crippen LogP contribution in [0, 0.1) is 0 Å². The first-order valence-corrected chi connectivity index (χ1v) is 8.69. The second kappa shape index (κ2) is 5.61. The highest BCUT2D eigenvalue weighted by atomic mass is 32.2. The molecule has 0 unspecified atom stereocenters. The lowest BCUT2D eigenvalue weighted by atomic mass is 10.2. The van der Waals surface area contributed by atoms with Crippen molar-refractivity contribution in [1.29, 1.82) is 0 Å². The third-order valence-corrected chi connectivity index (χ3v) is 4.93. The molecule has 0 aliphatic rings. The first-order valence-electron chi connectivity index (χ1n) is 7.21. The highest BCUT2D eigenvalue weighted by molar-refractivity contribution is 7.92. The van der Waals surface area contributed by atoms with Crippen molar-refractivity contribution < 1.29 is 8.42 Å². The number of hydrogen-bond acceptors (Lipinski definition) is 6. The van der Waals surface area contributed by atoms with E-state index >= 15 is 0 Å². The van der Waals surface area contributed by atoms with E-state index in [0.29, 0.717) is 30.0 Å². The summed E-state index contributed by atoms with van der Waals surface area (Å²) in [6.45, 7) is 3.76. The monoisotopic (exact) mass is 335 g/mol. The molecule has 1 N–H and O–H groups in total. The van der Waals surface area contributed by atoms with Crippen molar-refractivity contribution in [2.45, 2.75) is 31.6 Å². The van der Waals surface area contributed by atoms with Gasteiger partial charge >= 0.3 is 0 Å². The quantitative estimate of drug-likeness (QED) is 0.738. The average molecular weight is 335 g/mol. The summed E-state index contributed by atoms with van der Waals surface area (Å²) >= 11 is 0. The van der Waals surface area contributed by atoms with Crippen molar-refractivity contribution in [3.63, 3.8) is 0 Å². The number of fused-ring (bicyclic) bond motifs is 1. The van der Waals surface area contributed by atoms with Gasteiger partial charge in [-0.3, -0.25) is 4.68 Å². The maximum atomic E-state index is 12.8. The number of aromatic nitrogens is 6. The van der Waals surface area contributed by atoms with Crippen LogP contribution < -0.4 is 4.72 Å². The third kappa shape index (κ3) is 2.65. The van der Waals surface area contributed by atoms with Gasteiger partial charge in [0.25, 0.3) is 21.7 Å². The predicted molar refractivity (Wildman–Crippen MR) is 83.6 cm³/mol. The molecule has 0 aliphatic carbocycles. The second-order valence-corrected chi connectivity index (χ2v) is 6.58. The first-order chi connectivity index (χ1) is 11.0. The topological polar surface area (TPSA) is 107 Å². The van der Waals surface area contributed by atoms with E-state index in [1.54, 1.807) is 30.2 Å². The molecule has 0 aliphatic heterocycles. The van der Waals surface area contributed by atoms with Gasteiger partial charge in [0.05, 0.1) is 11.4 Å². The average Bonchev–Trinajstić information content (AvgIpc) is 3.06. The van der Waals surface area contributed by atoms with Crippen LogP contribution in [0.3, 0.4) is 0 Å². The Morgan fingerprint density at radius 1 is 1.22 bits per heavy atom. The van der Waals surface area contributed by atoms with Gasteiger partial charge in [-0.15, -0.1) is 5.10 Å². The first kappa shape index (κ1) is 15.4. The number of aryl methyl sites for hydroxylation is 2. The van der Waals surface area contributed by atoms with E-state index < -0.39 is 10.0 Å². The lowest BCUT2D eigenvalue weighted by molar-refractivity contribution is 0.598. The van der Waals surface area contributed by atoms with Crippen LogP contribution in [0.1, 0.15) is 25.2 Å². The number of nitrogens with one attached hydrogen (secondary N) is 1. The molecule has 0 spiro atoms. The van der Waals surface area contributed by atoms with Crippen LogP contribution in [0.25, 0.3) is 5.78 Å². The molecule has 3 heterocycles. The number of rotatable bonds is 5. The Morgan fingerprint density at radius 2 is 2.00 bits per heavy atom. The maximum Gasteiger partial charge on any atom is 0.267 e. The van der Waals surface area contributed by atoms with Crippen LogP contribution in [0.2, 0.25) is 0 Å². The summed E-state index contributed by atoms with van der Waals surface area (Å²) in [5.41, 5.74) is 1.18. The molecule has 0 fully saturated rings. The zero-order valence-electron chi connectivity index (χ0n) is 13.1. The van der Waals surface area contributed by atoms with Gasteiger partial charge in [-0.25, -0.2) is 22.6 Å². The van der Waals surface area contributed by atoms with Gasteiger partial charge in [0, 0.05) is 19.4 Å². The van der Waals surface area contributed by atoms with Crippen LogP contribution in [-0.4, -0.2) is 37.8 Å². The highest BCUT2D eigenvalue weighted by Crippen LogP contribution is 2.23. The minimum absolute atomic E-state index is 0.0170. The zero-order valence-corrected chi connectivity index (χ0v) is 13.9. The van der Waals surface area contributed by atoms with Gasteiger partial charge in [-0.05, 0) is 18.9 Å². The molecule has 9 nitrogen and oxygen atoms in total. The van der Waals surface area contributed by atoms with Crippen LogP contribution >= 0.6 is 0 Å². The molecular formula is C13H17N7O2S. The Kier molecular flexibility index (Phi) is 3.76. The molecule has 3 aromatic heterocycles. The second-order valence-electron chi connectivity index (χ2n) is 4.96. The van der Waals surface area contributed by atoms with E-state index in [1.807, 2.05) is 13.8 Å². The summed E-state index contributed by atoms with van der Waals surface area (Å²) in [5, 5.41) is 8.36. The third-order valence-electron chi connectivity index (χ3n) is 3.47. The fourth-order valence-electron chi connectivity index (χ4n) is 2.48. The molecular weight excluding hydrogens is 318 g/mol. The van der Waals surface area contributed by atoms with Crippen molar-refractivity contribution in [2.24, 2.45) is 7.05 Å². The molecule has 0 saturated carbocycles. The van der Waals surface area contributed by atoms with E-state index in [1.165, 1.54) is 4.52 Å². The van der Waals surface area contributed by atoms with Gasteiger partial charge in [-0.2, -0.15) is 10.1 Å². The zero-order chi connectivity index (χ0) is 16.6. The lowest BCUT2D eigenvalue weighted by Gasteiger charge is -2.06.